The van der Waals surface area contributed by atoms with E-state index < -0.39 is 0 Å². The lowest BCUT2D eigenvalue weighted by atomic mass is 10.0. The summed E-state index contributed by atoms with van der Waals surface area (Å²) in [6.07, 6.45) is 0. The van der Waals surface area contributed by atoms with Crippen LogP contribution in [0.25, 0.3) is 16.8 Å². The van der Waals surface area contributed by atoms with Crippen LogP contribution in [0.15, 0.2) is 71.5 Å². The van der Waals surface area contributed by atoms with Gasteiger partial charge in [-0.15, -0.1) is 0 Å². The van der Waals surface area contributed by atoms with Gasteiger partial charge in [0.1, 0.15) is 17.5 Å². The van der Waals surface area contributed by atoms with E-state index in [4.69, 9.17) is 0 Å². The lowest BCUT2D eigenvalue weighted by Gasteiger charge is -2.25. The molecule has 4 heteroatoms. The van der Waals surface area contributed by atoms with Crippen molar-refractivity contribution in [2.45, 2.75) is 13.8 Å². The molecule has 0 amide bonds. The number of anilines is 1. The fourth-order valence-electron chi connectivity index (χ4n) is 3.20. The Balaban J connectivity index is 2.39. The molecule has 0 fully saturated rings. The zero-order valence-corrected chi connectivity index (χ0v) is 15.0. The van der Waals surface area contributed by atoms with E-state index in [0.717, 1.165) is 11.1 Å². The van der Waals surface area contributed by atoms with Gasteiger partial charge in [-0.25, -0.2) is 0 Å². The summed E-state index contributed by atoms with van der Waals surface area (Å²) in [4.78, 5) is 15.5. The van der Waals surface area contributed by atoms with E-state index in [2.05, 4.69) is 6.07 Å². The summed E-state index contributed by atoms with van der Waals surface area (Å²) < 4.78 is 1.50. The predicted octanol–water partition coefficient (Wildman–Crippen LogP) is 4.22. The Bertz CT molecular complexity index is 982. The molecule has 0 spiro atoms. The average Bonchev–Trinajstić information content (AvgIpc) is 2.70. The average molecular weight is 343 g/mol. The molecule has 3 rings (SSSR count). The van der Waals surface area contributed by atoms with Crippen LogP contribution in [0.4, 0.5) is 5.69 Å². The number of aromatic nitrogens is 1. The SMILES string of the molecule is CCN(CC)c1c(-c2ccccc2)cc(C#N)n(-c2ccccc2)c1=O. The Hall–Kier alpha value is -3.32. The van der Waals surface area contributed by atoms with E-state index in [-0.39, 0.29) is 5.56 Å². The quantitative estimate of drug-likeness (QED) is 0.697. The van der Waals surface area contributed by atoms with E-state index in [1.54, 1.807) is 0 Å². The van der Waals surface area contributed by atoms with Gasteiger partial charge in [-0.1, -0.05) is 48.5 Å². The molecule has 1 aromatic heterocycles. The minimum atomic E-state index is -0.169. The standard InChI is InChI=1S/C22H21N3O/c1-3-24(4-2)21-20(17-11-7-5-8-12-17)15-19(16-23)25(22(21)26)18-13-9-6-10-14-18/h5-15H,3-4H2,1-2H3. The van der Waals surface area contributed by atoms with Gasteiger partial charge in [0.25, 0.3) is 5.56 Å². The van der Waals surface area contributed by atoms with E-state index in [0.29, 0.717) is 30.2 Å². The number of rotatable bonds is 5. The van der Waals surface area contributed by atoms with Crippen molar-refractivity contribution >= 4 is 5.69 Å². The summed E-state index contributed by atoms with van der Waals surface area (Å²) in [7, 11) is 0. The summed E-state index contributed by atoms with van der Waals surface area (Å²) in [5.74, 6) is 0. The van der Waals surface area contributed by atoms with Crippen LogP contribution in [0.2, 0.25) is 0 Å². The largest absolute Gasteiger partial charge is 0.367 e. The van der Waals surface area contributed by atoms with Crippen LogP contribution in [0.3, 0.4) is 0 Å². The number of hydrogen-bond acceptors (Lipinski definition) is 3. The summed E-state index contributed by atoms with van der Waals surface area (Å²) in [6.45, 7) is 5.49. The molecule has 130 valence electrons. The minimum Gasteiger partial charge on any atom is -0.367 e. The zero-order chi connectivity index (χ0) is 18.5. The molecule has 0 saturated heterocycles. The van der Waals surface area contributed by atoms with Crippen molar-refractivity contribution in [1.82, 2.24) is 4.57 Å². The van der Waals surface area contributed by atoms with Crippen molar-refractivity contribution in [3.63, 3.8) is 0 Å². The summed E-state index contributed by atoms with van der Waals surface area (Å²) in [5.41, 5.74) is 3.21. The second-order valence-electron chi connectivity index (χ2n) is 5.92. The van der Waals surface area contributed by atoms with Gasteiger partial charge in [0.2, 0.25) is 0 Å². The number of nitriles is 1. The van der Waals surface area contributed by atoms with Crippen LogP contribution in [-0.4, -0.2) is 17.7 Å². The lowest BCUT2D eigenvalue weighted by Crippen LogP contribution is -2.33. The molecule has 0 bridgehead atoms. The van der Waals surface area contributed by atoms with E-state index >= 15 is 0 Å². The highest BCUT2D eigenvalue weighted by Crippen LogP contribution is 2.29. The Morgan fingerprint density at radius 2 is 1.54 bits per heavy atom. The predicted molar refractivity (Wildman–Crippen MR) is 106 cm³/mol. The normalized spacial score (nSPS) is 10.3. The van der Waals surface area contributed by atoms with Crippen molar-refractivity contribution in [1.29, 1.82) is 5.26 Å². The smallest absolute Gasteiger partial charge is 0.280 e. The third kappa shape index (κ3) is 3.12. The zero-order valence-electron chi connectivity index (χ0n) is 15.0. The van der Waals surface area contributed by atoms with Gasteiger partial charge in [0, 0.05) is 24.3 Å². The van der Waals surface area contributed by atoms with Gasteiger partial charge in [-0.05, 0) is 37.6 Å². The summed E-state index contributed by atoms with van der Waals surface area (Å²) in [5, 5.41) is 9.70. The van der Waals surface area contributed by atoms with Gasteiger partial charge >= 0.3 is 0 Å². The highest BCUT2D eigenvalue weighted by Gasteiger charge is 2.20. The van der Waals surface area contributed by atoms with Crippen LogP contribution in [0.1, 0.15) is 19.5 Å². The molecule has 0 saturated carbocycles. The second-order valence-corrected chi connectivity index (χ2v) is 5.92. The third-order valence-corrected chi connectivity index (χ3v) is 4.48. The molecule has 2 aromatic carbocycles. The van der Waals surface area contributed by atoms with Crippen molar-refractivity contribution in [2.75, 3.05) is 18.0 Å². The fraction of sp³-hybridized carbons (Fsp3) is 0.182. The molecular formula is C22H21N3O. The van der Waals surface area contributed by atoms with E-state index in [1.165, 1.54) is 4.57 Å². The fourth-order valence-corrected chi connectivity index (χ4v) is 3.20. The molecular weight excluding hydrogens is 322 g/mol. The Morgan fingerprint density at radius 3 is 2.08 bits per heavy atom. The molecule has 0 N–H and O–H groups in total. The molecule has 0 aliphatic heterocycles. The number of hydrogen-bond donors (Lipinski definition) is 0. The van der Waals surface area contributed by atoms with Crippen LogP contribution in [0.5, 0.6) is 0 Å². The van der Waals surface area contributed by atoms with Gasteiger partial charge in [0.05, 0.1) is 0 Å². The third-order valence-electron chi connectivity index (χ3n) is 4.48. The first-order valence-corrected chi connectivity index (χ1v) is 8.77. The monoisotopic (exact) mass is 343 g/mol. The van der Waals surface area contributed by atoms with E-state index in [9.17, 15) is 10.1 Å². The highest BCUT2D eigenvalue weighted by molar-refractivity contribution is 5.79. The molecule has 3 aromatic rings. The molecule has 4 nitrogen and oxygen atoms in total. The van der Waals surface area contributed by atoms with E-state index in [1.807, 2.05) is 85.5 Å². The van der Waals surface area contributed by atoms with Crippen molar-refractivity contribution in [3.05, 3.63) is 82.8 Å². The number of para-hydroxylation sites is 1. The highest BCUT2D eigenvalue weighted by atomic mass is 16.1. The first kappa shape index (κ1) is 17.5. The molecule has 0 atom stereocenters. The van der Waals surface area contributed by atoms with Crippen LogP contribution < -0.4 is 10.5 Å². The Labute approximate surface area is 153 Å². The van der Waals surface area contributed by atoms with Gasteiger partial charge < -0.3 is 4.90 Å². The van der Waals surface area contributed by atoms with Crippen LogP contribution in [0, 0.1) is 11.3 Å². The first-order chi connectivity index (χ1) is 12.7. The van der Waals surface area contributed by atoms with Crippen LogP contribution >= 0.6 is 0 Å². The maximum Gasteiger partial charge on any atom is 0.280 e. The Morgan fingerprint density at radius 1 is 0.962 bits per heavy atom. The summed E-state index contributed by atoms with van der Waals surface area (Å²) in [6, 6.07) is 23.1. The van der Waals surface area contributed by atoms with Crippen LogP contribution in [-0.2, 0) is 0 Å². The van der Waals surface area contributed by atoms with Gasteiger partial charge in [-0.2, -0.15) is 5.26 Å². The maximum absolute atomic E-state index is 13.5. The van der Waals surface area contributed by atoms with Crippen molar-refractivity contribution in [3.8, 4) is 22.9 Å². The van der Waals surface area contributed by atoms with Gasteiger partial charge in [-0.3, -0.25) is 9.36 Å². The van der Waals surface area contributed by atoms with Crippen molar-refractivity contribution in [2.24, 2.45) is 0 Å². The molecule has 1 heterocycles. The van der Waals surface area contributed by atoms with Gasteiger partial charge in [0.15, 0.2) is 0 Å². The number of benzene rings is 2. The molecule has 0 radical (unpaired) electrons. The topological polar surface area (TPSA) is 49.0 Å². The Kier molecular flexibility index (Phi) is 5.19. The first-order valence-electron chi connectivity index (χ1n) is 8.77. The second kappa shape index (κ2) is 7.71. The summed E-state index contributed by atoms with van der Waals surface area (Å²) >= 11 is 0. The maximum atomic E-state index is 13.5. The molecule has 0 unspecified atom stereocenters. The van der Waals surface area contributed by atoms with Crippen molar-refractivity contribution < 1.29 is 0 Å². The number of pyridine rings is 1. The molecule has 0 aliphatic rings. The number of nitrogens with zero attached hydrogens (tertiary/aromatic N) is 3. The lowest BCUT2D eigenvalue weighted by molar-refractivity contribution is 0.841. The minimum absolute atomic E-state index is 0.169. The molecule has 0 aliphatic carbocycles. The molecule has 26 heavy (non-hydrogen) atoms.